The van der Waals surface area contributed by atoms with E-state index in [0.29, 0.717) is 17.9 Å². The van der Waals surface area contributed by atoms with E-state index in [4.69, 9.17) is 4.74 Å². The van der Waals surface area contributed by atoms with Crippen LogP contribution in [-0.2, 0) is 0 Å². The number of halogens is 2. The summed E-state index contributed by atoms with van der Waals surface area (Å²) in [5.41, 5.74) is 0.552. The molecule has 0 saturated heterocycles. The minimum Gasteiger partial charge on any atom is -0.494 e. The normalized spacial score (nSPS) is 10.1. The zero-order valence-corrected chi connectivity index (χ0v) is 8.30. The third-order valence-electron chi connectivity index (χ3n) is 1.62. The van der Waals surface area contributed by atoms with Crippen LogP contribution in [0.2, 0.25) is 0 Å². The molecule has 0 amide bonds. The van der Waals surface area contributed by atoms with Gasteiger partial charge in [0.1, 0.15) is 11.5 Å². The summed E-state index contributed by atoms with van der Waals surface area (Å²) >= 11 is 0. The molecule has 1 aromatic rings. The van der Waals surface area contributed by atoms with Gasteiger partial charge in [0, 0.05) is 6.07 Å². The van der Waals surface area contributed by atoms with Crippen molar-refractivity contribution in [2.24, 2.45) is 0 Å². The molecule has 0 aliphatic carbocycles. The van der Waals surface area contributed by atoms with Crippen molar-refractivity contribution in [1.29, 1.82) is 0 Å². The van der Waals surface area contributed by atoms with Crippen LogP contribution < -0.4 is 9.47 Å². The van der Waals surface area contributed by atoms with E-state index in [1.807, 2.05) is 0 Å². The van der Waals surface area contributed by atoms with Crippen molar-refractivity contribution in [3.05, 3.63) is 36.4 Å². The van der Waals surface area contributed by atoms with Crippen LogP contribution in [0.15, 0.2) is 24.8 Å². The summed E-state index contributed by atoms with van der Waals surface area (Å²) in [6.45, 7) is 2.84. The van der Waals surface area contributed by atoms with Crippen LogP contribution in [0, 0.1) is 6.08 Å². The van der Waals surface area contributed by atoms with Crippen LogP contribution in [0.25, 0.3) is 0 Å². The van der Waals surface area contributed by atoms with Crippen molar-refractivity contribution < 1.29 is 18.3 Å². The van der Waals surface area contributed by atoms with Gasteiger partial charge in [-0.1, -0.05) is 6.58 Å². The fourth-order valence-electron chi connectivity index (χ4n) is 1.09. The maximum atomic E-state index is 12.0. The average molecular weight is 213 g/mol. The lowest BCUT2D eigenvalue weighted by atomic mass is 10.2. The Bertz CT molecular complexity index is 337. The van der Waals surface area contributed by atoms with Crippen LogP contribution in [-0.4, -0.2) is 13.2 Å². The smallest absolute Gasteiger partial charge is 0.387 e. The minimum atomic E-state index is -2.85. The van der Waals surface area contributed by atoms with Gasteiger partial charge in [0.15, 0.2) is 0 Å². The van der Waals surface area contributed by atoms with E-state index in [9.17, 15) is 8.78 Å². The van der Waals surface area contributed by atoms with E-state index in [2.05, 4.69) is 17.4 Å². The minimum absolute atomic E-state index is 0.0436. The highest BCUT2D eigenvalue weighted by molar-refractivity contribution is 5.40. The number of hydrogen-bond donors (Lipinski definition) is 0. The predicted octanol–water partition coefficient (Wildman–Crippen LogP) is 3.02. The van der Waals surface area contributed by atoms with E-state index in [1.165, 1.54) is 12.1 Å². The summed E-state index contributed by atoms with van der Waals surface area (Å²) in [6, 6.07) is 4.47. The van der Waals surface area contributed by atoms with Crippen LogP contribution in [0.4, 0.5) is 8.78 Å². The molecule has 4 heteroatoms. The van der Waals surface area contributed by atoms with Crippen molar-refractivity contribution in [3.63, 3.8) is 0 Å². The molecule has 0 fully saturated rings. The van der Waals surface area contributed by atoms with Crippen LogP contribution >= 0.6 is 0 Å². The topological polar surface area (TPSA) is 18.5 Å². The first-order valence-electron chi connectivity index (χ1n) is 4.41. The average Bonchev–Trinajstić information content (AvgIpc) is 2.16. The first-order valence-corrected chi connectivity index (χ1v) is 4.41. The SMILES string of the molecule is C=[C]c1cc(OCC)cc(OC(F)F)c1. The van der Waals surface area contributed by atoms with E-state index in [1.54, 1.807) is 13.0 Å². The fourth-order valence-corrected chi connectivity index (χ4v) is 1.09. The van der Waals surface area contributed by atoms with Gasteiger partial charge in [-0.15, -0.1) is 0 Å². The number of benzene rings is 1. The summed E-state index contributed by atoms with van der Waals surface area (Å²) < 4.78 is 33.4. The van der Waals surface area contributed by atoms with Crippen LogP contribution in [0.5, 0.6) is 11.5 Å². The quantitative estimate of drug-likeness (QED) is 0.748. The molecule has 81 valence electrons. The fraction of sp³-hybridized carbons (Fsp3) is 0.273. The van der Waals surface area contributed by atoms with Gasteiger partial charge < -0.3 is 9.47 Å². The largest absolute Gasteiger partial charge is 0.494 e. The molecule has 2 nitrogen and oxygen atoms in total. The molecule has 0 saturated carbocycles. The van der Waals surface area contributed by atoms with E-state index >= 15 is 0 Å². The zero-order valence-electron chi connectivity index (χ0n) is 8.30. The third kappa shape index (κ3) is 3.58. The summed E-state index contributed by atoms with van der Waals surface area (Å²) in [6.07, 6.45) is 2.58. The Labute approximate surface area is 87.1 Å². The Balaban J connectivity index is 2.94. The predicted molar refractivity (Wildman–Crippen MR) is 52.2 cm³/mol. The lowest BCUT2D eigenvalue weighted by Crippen LogP contribution is -2.02. The maximum Gasteiger partial charge on any atom is 0.387 e. The Morgan fingerprint density at radius 1 is 1.33 bits per heavy atom. The number of rotatable bonds is 5. The van der Waals surface area contributed by atoms with Crippen molar-refractivity contribution in [2.75, 3.05) is 6.61 Å². The summed E-state index contributed by atoms with van der Waals surface area (Å²) in [7, 11) is 0. The van der Waals surface area contributed by atoms with E-state index < -0.39 is 6.61 Å². The maximum absolute atomic E-state index is 12.0. The lowest BCUT2D eigenvalue weighted by Gasteiger charge is -2.08. The van der Waals surface area contributed by atoms with E-state index in [0.717, 1.165) is 0 Å². The highest BCUT2D eigenvalue weighted by atomic mass is 19.3. The molecular weight excluding hydrogens is 202 g/mol. The molecule has 0 heterocycles. The molecule has 0 aromatic heterocycles. The molecular formula is C11H11F2O2. The van der Waals surface area contributed by atoms with Crippen molar-refractivity contribution in [2.45, 2.75) is 13.5 Å². The van der Waals surface area contributed by atoms with Crippen LogP contribution in [0.1, 0.15) is 12.5 Å². The molecule has 1 rings (SSSR count). The molecule has 0 N–H and O–H groups in total. The molecule has 1 aromatic carbocycles. The summed E-state index contributed by atoms with van der Waals surface area (Å²) in [4.78, 5) is 0. The molecule has 0 atom stereocenters. The zero-order chi connectivity index (χ0) is 11.3. The molecule has 0 aliphatic rings. The standard InChI is InChI=1S/C11H11F2O2/c1-3-8-5-9(14-4-2)7-10(6-8)15-11(12)13/h5-7,11H,1,4H2,2H3. The molecule has 15 heavy (non-hydrogen) atoms. The van der Waals surface area contributed by atoms with Gasteiger partial charge in [-0.25, -0.2) is 0 Å². The number of hydrogen-bond acceptors (Lipinski definition) is 2. The Kier molecular flexibility index (Phi) is 4.09. The second-order valence-corrected chi connectivity index (χ2v) is 2.68. The van der Waals surface area contributed by atoms with Crippen molar-refractivity contribution >= 4 is 0 Å². The lowest BCUT2D eigenvalue weighted by molar-refractivity contribution is -0.0499. The molecule has 0 aliphatic heterocycles. The molecule has 0 bridgehead atoms. The van der Waals surface area contributed by atoms with Gasteiger partial charge in [0.05, 0.1) is 6.61 Å². The van der Waals surface area contributed by atoms with Gasteiger partial charge in [-0.2, -0.15) is 8.78 Å². The highest BCUT2D eigenvalue weighted by Crippen LogP contribution is 2.24. The first-order chi connectivity index (χ1) is 7.15. The van der Waals surface area contributed by atoms with Gasteiger partial charge >= 0.3 is 6.61 Å². The Hall–Kier alpha value is -1.58. The summed E-state index contributed by atoms with van der Waals surface area (Å²) in [5.74, 6) is 0.504. The third-order valence-corrected chi connectivity index (χ3v) is 1.62. The molecule has 1 radical (unpaired) electrons. The summed E-state index contributed by atoms with van der Waals surface area (Å²) in [5, 5.41) is 0. The second kappa shape index (κ2) is 5.34. The molecule has 0 unspecified atom stereocenters. The monoisotopic (exact) mass is 213 g/mol. The van der Waals surface area contributed by atoms with Gasteiger partial charge in [-0.05, 0) is 30.7 Å². The van der Waals surface area contributed by atoms with Crippen LogP contribution in [0.3, 0.4) is 0 Å². The van der Waals surface area contributed by atoms with Crippen molar-refractivity contribution in [1.82, 2.24) is 0 Å². The van der Waals surface area contributed by atoms with E-state index in [-0.39, 0.29) is 5.75 Å². The van der Waals surface area contributed by atoms with Crippen molar-refractivity contribution in [3.8, 4) is 11.5 Å². The van der Waals surface area contributed by atoms with Gasteiger partial charge in [0.2, 0.25) is 0 Å². The highest BCUT2D eigenvalue weighted by Gasteiger charge is 2.06. The Morgan fingerprint density at radius 2 is 2.00 bits per heavy atom. The number of alkyl halides is 2. The number of ether oxygens (including phenoxy) is 2. The molecule has 0 spiro atoms. The second-order valence-electron chi connectivity index (χ2n) is 2.68. The Morgan fingerprint density at radius 3 is 2.53 bits per heavy atom. The van der Waals surface area contributed by atoms with Gasteiger partial charge in [-0.3, -0.25) is 0 Å². The van der Waals surface area contributed by atoms with Gasteiger partial charge in [0.25, 0.3) is 0 Å². The first kappa shape index (κ1) is 11.5.